The third-order valence-corrected chi connectivity index (χ3v) is 1.42. The van der Waals surface area contributed by atoms with E-state index in [-0.39, 0.29) is 0 Å². The summed E-state index contributed by atoms with van der Waals surface area (Å²) in [6.45, 7) is 5.24. The lowest BCUT2D eigenvalue weighted by Gasteiger charge is -2.16. The molecule has 92 valence electrons. The molecule has 0 N–H and O–H groups in total. The average Bonchev–Trinajstić information content (AvgIpc) is 2.13. The van der Waals surface area contributed by atoms with Gasteiger partial charge in [-0.05, 0) is 20.8 Å². The molecule has 6 nitrogen and oxygen atoms in total. The Hall–Kier alpha value is -1.59. The van der Waals surface area contributed by atoms with E-state index in [9.17, 15) is 14.4 Å². The molecule has 0 spiro atoms. The second kappa shape index (κ2) is 6.09. The molecule has 0 bridgehead atoms. The molecule has 0 aliphatic heterocycles. The molecular formula is C10H16O6. The fourth-order valence-electron chi connectivity index (χ4n) is 0.567. The van der Waals surface area contributed by atoms with E-state index in [1.165, 1.54) is 6.92 Å². The zero-order valence-electron chi connectivity index (χ0n) is 9.86. The minimum atomic E-state index is -0.767. The molecule has 0 saturated carbocycles. The molecule has 0 aromatic rings. The molecule has 16 heavy (non-hydrogen) atoms. The van der Waals surface area contributed by atoms with Crippen molar-refractivity contribution in [2.24, 2.45) is 5.41 Å². The van der Waals surface area contributed by atoms with Gasteiger partial charge in [-0.15, -0.1) is 0 Å². The van der Waals surface area contributed by atoms with Gasteiger partial charge in [-0.1, -0.05) is 0 Å². The summed E-state index contributed by atoms with van der Waals surface area (Å²) in [7, 11) is 0. The van der Waals surface area contributed by atoms with Crippen molar-refractivity contribution >= 4 is 17.9 Å². The van der Waals surface area contributed by atoms with Gasteiger partial charge in [-0.2, -0.15) is 0 Å². The number of carbonyl (C=O) groups excluding carboxylic acids is 3. The highest BCUT2D eigenvalue weighted by Gasteiger charge is 2.23. The molecule has 0 aromatic heterocycles. The first-order chi connectivity index (χ1) is 7.23. The topological polar surface area (TPSA) is 78.9 Å². The minimum Gasteiger partial charge on any atom is -0.454 e. The van der Waals surface area contributed by atoms with Crippen molar-refractivity contribution < 1.29 is 28.6 Å². The number of hydrogen-bond acceptors (Lipinski definition) is 6. The molecule has 0 fully saturated rings. The van der Waals surface area contributed by atoms with Crippen molar-refractivity contribution in [1.82, 2.24) is 0 Å². The Morgan fingerprint density at radius 3 is 2.00 bits per heavy atom. The van der Waals surface area contributed by atoms with E-state index >= 15 is 0 Å². The zero-order chi connectivity index (χ0) is 12.8. The Bertz CT molecular complexity index is 276. The smallest absolute Gasteiger partial charge is 0.347 e. The van der Waals surface area contributed by atoms with Crippen LogP contribution in [0.15, 0.2) is 0 Å². The summed E-state index contributed by atoms with van der Waals surface area (Å²) in [6.07, 6.45) is 0. The van der Waals surface area contributed by atoms with Crippen molar-refractivity contribution in [2.75, 3.05) is 13.4 Å². The Balaban J connectivity index is 3.71. The molecule has 0 rings (SSSR count). The fourth-order valence-corrected chi connectivity index (χ4v) is 0.567. The molecule has 0 amide bonds. The summed E-state index contributed by atoms with van der Waals surface area (Å²) in [6, 6.07) is 0. The predicted molar refractivity (Wildman–Crippen MR) is 53.1 cm³/mol. The Labute approximate surface area is 93.8 Å². The number of rotatable bonds is 4. The molecule has 6 heteroatoms. The predicted octanol–water partition coefficient (Wildman–Crippen LogP) is 0.639. The van der Waals surface area contributed by atoms with E-state index in [1.54, 1.807) is 20.8 Å². The monoisotopic (exact) mass is 232 g/mol. The first kappa shape index (κ1) is 14.4. The van der Waals surface area contributed by atoms with Crippen LogP contribution in [-0.4, -0.2) is 31.3 Å². The van der Waals surface area contributed by atoms with Gasteiger partial charge in [0.25, 0.3) is 0 Å². The SMILES string of the molecule is CC(=O)OCC(=O)OCOC(=O)C(C)(C)C. The first-order valence-electron chi connectivity index (χ1n) is 4.69. The zero-order valence-corrected chi connectivity index (χ0v) is 9.86. The maximum atomic E-state index is 11.2. The van der Waals surface area contributed by atoms with Crippen molar-refractivity contribution in [1.29, 1.82) is 0 Å². The molecule has 0 atom stereocenters. The summed E-state index contributed by atoms with van der Waals surface area (Å²) in [5, 5.41) is 0. The van der Waals surface area contributed by atoms with Crippen LogP contribution in [0.4, 0.5) is 0 Å². The molecule has 0 radical (unpaired) electrons. The van der Waals surface area contributed by atoms with Crippen LogP contribution in [0, 0.1) is 5.41 Å². The summed E-state index contributed by atoms with van der Waals surface area (Å²) in [5.74, 6) is -1.83. The van der Waals surface area contributed by atoms with Crippen molar-refractivity contribution in [3.8, 4) is 0 Å². The van der Waals surface area contributed by atoms with Crippen LogP contribution in [0.3, 0.4) is 0 Å². The normalized spacial score (nSPS) is 10.5. The van der Waals surface area contributed by atoms with Crippen LogP contribution >= 0.6 is 0 Å². The van der Waals surface area contributed by atoms with E-state index in [2.05, 4.69) is 14.2 Å². The third-order valence-electron chi connectivity index (χ3n) is 1.42. The summed E-state index contributed by atoms with van der Waals surface area (Å²) >= 11 is 0. The second-order valence-electron chi connectivity index (χ2n) is 4.10. The van der Waals surface area contributed by atoms with Gasteiger partial charge >= 0.3 is 17.9 Å². The van der Waals surface area contributed by atoms with E-state index in [0.717, 1.165) is 0 Å². The van der Waals surface area contributed by atoms with Gasteiger partial charge in [-0.25, -0.2) is 4.79 Å². The van der Waals surface area contributed by atoms with Gasteiger partial charge in [0, 0.05) is 6.92 Å². The van der Waals surface area contributed by atoms with E-state index in [0.29, 0.717) is 0 Å². The summed E-state index contributed by atoms with van der Waals surface area (Å²) in [5.41, 5.74) is -0.651. The van der Waals surface area contributed by atoms with Crippen molar-refractivity contribution in [3.05, 3.63) is 0 Å². The number of esters is 3. The third kappa shape index (κ3) is 6.80. The molecule has 0 aromatic carbocycles. The largest absolute Gasteiger partial charge is 0.454 e. The van der Waals surface area contributed by atoms with Gasteiger partial charge in [0.1, 0.15) is 0 Å². The maximum absolute atomic E-state index is 11.2. The van der Waals surface area contributed by atoms with Gasteiger partial charge in [0.15, 0.2) is 6.61 Å². The van der Waals surface area contributed by atoms with Gasteiger partial charge < -0.3 is 14.2 Å². The van der Waals surface area contributed by atoms with Crippen LogP contribution in [0.2, 0.25) is 0 Å². The van der Waals surface area contributed by atoms with Crippen molar-refractivity contribution in [3.63, 3.8) is 0 Å². The van der Waals surface area contributed by atoms with Gasteiger partial charge in [0.05, 0.1) is 5.41 Å². The molecule has 0 heterocycles. The lowest BCUT2D eigenvalue weighted by molar-refractivity contribution is -0.177. The van der Waals surface area contributed by atoms with Crippen LogP contribution in [0.5, 0.6) is 0 Å². The average molecular weight is 232 g/mol. The Morgan fingerprint density at radius 1 is 1.00 bits per heavy atom. The molecule has 0 saturated heterocycles. The van der Waals surface area contributed by atoms with Crippen LogP contribution in [0.25, 0.3) is 0 Å². The molecule has 0 unspecified atom stereocenters. The maximum Gasteiger partial charge on any atom is 0.347 e. The number of ether oxygens (including phenoxy) is 3. The lowest BCUT2D eigenvalue weighted by Crippen LogP contribution is -2.25. The highest BCUT2D eigenvalue weighted by molar-refractivity contribution is 5.76. The fraction of sp³-hybridized carbons (Fsp3) is 0.700. The van der Waals surface area contributed by atoms with Crippen molar-refractivity contribution in [2.45, 2.75) is 27.7 Å². The van der Waals surface area contributed by atoms with Crippen LogP contribution < -0.4 is 0 Å². The Kier molecular flexibility index (Phi) is 5.49. The van der Waals surface area contributed by atoms with Crippen LogP contribution in [0.1, 0.15) is 27.7 Å². The lowest BCUT2D eigenvalue weighted by atomic mass is 9.98. The first-order valence-corrected chi connectivity index (χ1v) is 4.69. The highest BCUT2D eigenvalue weighted by atomic mass is 16.7. The minimum absolute atomic E-state index is 0.476. The Morgan fingerprint density at radius 2 is 1.56 bits per heavy atom. The quantitative estimate of drug-likeness (QED) is 0.522. The molecule has 0 aliphatic carbocycles. The summed E-state index contributed by atoms with van der Waals surface area (Å²) < 4.78 is 13.5. The van der Waals surface area contributed by atoms with E-state index in [4.69, 9.17) is 0 Å². The van der Waals surface area contributed by atoms with Gasteiger partial charge in [-0.3, -0.25) is 9.59 Å². The van der Waals surface area contributed by atoms with E-state index < -0.39 is 36.7 Å². The summed E-state index contributed by atoms with van der Waals surface area (Å²) in [4.78, 5) is 32.4. The highest BCUT2D eigenvalue weighted by Crippen LogP contribution is 2.14. The number of carbonyl (C=O) groups is 3. The number of hydrogen-bond donors (Lipinski definition) is 0. The van der Waals surface area contributed by atoms with Crippen LogP contribution in [-0.2, 0) is 28.6 Å². The molecule has 0 aliphatic rings. The standard InChI is InChI=1S/C10H16O6/c1-7(11)14-5-8(12)15-6-16-9(13)10(2,3)4/h5-6H2,1-4H3. The van der Waals surface area contributed by atoms with E-state index in [1.807, 2.05) is 0 Å². The molecular weight excluding hydrogens is 216 g/mol. The van der Waals surface area contributed by atoms with Gasteiger partial charge in [0.2, 0.25) is 6.79 Å². The second-order valence-corrected chi connectivity index (χ2v) is 4.10.